The lowest BCUT2D eigenvalue weighted by Crippen LogP contribution is -2.21. The average Bonchev–Trinajstić information content (AvgIpc) is 2.15. The second kappa shape index (κ2) is 5.75. The van der Waals surface area contributed by atoms with Crippen molar-refractivity contribution in [1.82, 2.24) is 9.55 Å². The Morgan fingerprint density at radius 2 is 2.23 bits per heavy atom. The third-order valence-electron chi connectivity index (χ3n) is 1.82. The highest BCUT2D eigenvalue weighted by Crippen LogP contribution is 1.98. The summed E-state index contributed by atoms with van der Waals surface area (Å²) in [7, 11) is 0. The monoisotopic (exact) mass is 200 g/mol. The van der Waals surface area contributed by atoms with Crippen LogP contribution in [-0.4, -0.2) is 15.4 Å². The molecule has 0 aliphatic carbocycles. The molecule has 13 heavy (non-hydrogen) atoms. The van der Waals surface area contributed by atoms with Gasteiger partial charge in [-0.05, 0) is 18.9 Å². The summed E-state index contributed by atoms with van der Waals surface area (Å²) in [5.74, 6) is 0.696. The van der Waals surface area contributed by atoms with Gasteiger partial charge in [0.25, 0.3) is 0 Å². The Kier molecular flexibility index (Phi) is 4.54. The lowest BCUT2D eigenvalue weighted by molar-refractivity contribution is 0.578. The van der Waals surface area contributed by atoms with Crippen molar-refractivity contribution in [1.29, 1.82) is 0 Å². The van der Waals surface area contributed by atoms with Gasteiger partial charge in [0.2, 0.25) is 0 Å². The highest BCUT2D eigenvalue weighted by molar-refractivity contribution is 6.17. The third-order valence-corrected chi connectivity index (χ3v) is 2.08. The summed E-state index contributed by atoms with van der Waals surface area (Å²) in [6, 6.07) is 1.77. The molecular formula is C9H13ClN2O. The number of aryl methyl sites for hydroxylation is 1. The van der Waals surface area contributed by atoms with Crippen molar-refractivity contribution >= 4 is 11.6 Å². The van der Waals surface area contributed by atoms with E-state index in [-0.39, 0.29) is 5.69 Å². The van der Waals surface area contributed by atoms with Crippen LogP contribution in [0.5, 0.6) is 0 Å². The van der Waals surface area contributed by atoms with Crippen LogP contribution in [0.2, 0.25) is 0 Å². The molecule has 0 radical (unpaired) electrons. The van der Waals surface area contributed by atoms with E-state index in [4.69, 9.17) is 11.6 Å². The largest absolute Gasteiger partial charge is 0.347 e. The molecule has 4 heteroatoms. The van der Waals surface area contributed by atoms with Crippen molar-refractivity contribution < 1.29 is 0 Å². The predicted octanol–water partition coefficient (Wildman–Crippen LogP) is 1.65. The van der Waals surface area contributed by atoms with Gasteiger partial charge in [-0.1, -0.05) is 6.42 Å². The first-order valence-corrected chi connectivity index (χ1v) is 4.95. The van der Waals surface area contributed by atoms with Gasteiger partial charge in [0.15, 0.2) is 0 Å². The van der Waals surface area contributed by atoms with E-state index in [1.165, 1.54) is 6.20 Å². The Morgan fingerprint density at radius 3 is 2.92 bits per heavy atom. The average molecular weight is 201 g/mol. The van der Waals surface area contributed by atoms with Crippen LogP contribution in [-0.2, 0) is 6.54 Å². The number of alkyl halides is 1. The van der Waals surface area contributed by atoms with E-state index >= 15 is 0 Å². The van der Waals surface area contributed by atoms with Crippen LogP contribution < -0.4 is 5.69 Å². The van der Waals surface area contributed by atoms with E-state index < -0.39 is 0 Å². The Morgan fingerprint density at radius 1 is 1.38 bits per heavy atom. The molecule has 0 saturated heterocycles. The van der Waals surface area contributed by atoms with Gasteiger partial charge in [-0.3, -0.25) is 4.57 Å². The van der Waals surface area contributed by atoms with E-state index in [1.54, 1.807) is 16.8 Å². The van der Waals surface area contributed by atoms with Crippen molar-refractivity contribution in [3.63, 3.8) is 0 Å². The third kappa shape index (κ3) is 3.59. The summed E-state index contributed by atoms with van der Waals surface area (Å²) in [6.45, 7) is 0.740. The van der Waals surface area contributed by atoms with Crippen molar-refractivity contribution in [3.05, 3.63) is 28.9 Å². The normalized spacial score (nSPS) is 10.2. The molecule has 72 valence electrons. The number of nitrogens with zero attached hydrogens (tertiary/aromatic N) is 2. The van der Waals surface area contributed by atoms with E-state index in [0.29, 0.717) is 5.88 Å². The maximum atomic E-state index is 11.1. The molecule has 3 nitrogen and oxygen atoms in total. The number of hydrogen-bond acceptors (Lipinski definition) is 2. The summed E-state index contributed by atoms with van der Waals surface area (Å²) >= 11 is 5.53. The van der Waals surface area contributed by atoms with Crippen molar-refractivity contribution in [3.8, 4) is 0 Å². The molecule has 1 aromatic rings. The van der Waals surface area contributed by atoms with Crippen LogP contribution in [0.15, 0.2) is 23.3 Å². The second-order valence-corrected chi connectivity index (χ2v) is 3.22. The van der Waals surface area contributed by atoms with Gasteiger partial charge in [-0.2, -0.15) is 0 Å². The zero-order chi connectivity index (χ0) is 9.52. The van der Waals surface area contributed by atoms with E-state index in [1.807, 2.05) is 0 Å². The van der Waals surface area contributed by atoms with Crippen LogP contribution in [0.4, 0.5) is 0 Å². The van der Waals surface area contributed by atoms with Crippen molar-refractivity contribution in [2.24, 2.45) is 0 Å². The minimum atomic E-state index is -0.173. The Balaban J connectivity index is 2.37. The van der Waals surface area contributed by atoms with Crippen molar-refractivity contribution in [2.45, 2.75) is 25.8 Å². The molecule has 1 aromatic heterocycles. The summed E-state index contributed by atoms with van der Waals surface area (Å²) < 4.78 is 1.62. The van der Waals surface area contributed by atoms with Crippen molar-refractivity contribution in [2.75, 3.05) is 5.88 Å². The highest BCUT2D eigenvalue weighted by atomic mass is 35.5. The van der Waals surface area contributed by atoms with Gasteiger partial charge in [-0.15, -0.1) is 11.6 Å². The van der Waals surface area contributed by atoms with Crippen LogP contribution in [0.25, 0.3) is 0 Å². The van der Waals surface area contributed by atoms with Gasteiger partial charge in [-0.25, -0.2) is 9.78 Å². The number of rotatable bonds is 5. The quantitative estimate of drug-likeness (QED) is 0.535. The molecular weight excluding hydrogens is 188 g/mol. The maximum absolute atomic E-state index is 11.1. The number of aromatic nitrogens is 2. The molecule has 0 amide bonds. The molecule has 0 fully saturated rings. The number of hydrogen-bond donors (Lipinski definition) is 0. The van der Waals surface area contributed by atoms with Crippen LogP contribution in [0.3, 0.4) is 0 Å². The lowest BCUT2D eigenvalue weighted by atomic mass is 10.2. The first-order chi connectivity index (χ1) is 6.34. The molecule has 0 spiro atoms. The second-order valence-electron chi connectivity index (χ2n) is 2.85. The van der Waals surface area contributed by atoms with Gasteiger partial charge in [0.1, 0.15) is 0 Å². The molecule has 1 rings (SSSR count). The van der Waals surface area contributed by atoms with Gasteiger partial charge in [0, 0.05) is 24.8 Å². The first kappa shape index (κ1) is 10.3. The molecule has 1 heterocycles. The van der Waals surface area contributed by atoms with E-state index in [2.05, 4.69) is 4.98 Å². The summed E-state index contributed by atoms with van der Waals surface area (Å²) in [4.78, 5) is 14.8. The standard InChI is InChI=1S/C9H13ClN2O/c10-5-2-1-3-7-12-8-4-6-11-9(12)13/h4,6,8H,1-3,5,7H2. The zero-order valence-corrected chi connectivity index (χ0v) is 8.20. The van der Waals surface area contributed by atoms with E-state index in [0.717, 1.165) is 25.8 Å². The van der Waals surface area contributed by atoms with Gasteiger partial charge in [0.05, 0.1) is 0 Å². The molecule has 0 aromatic carbocycles. The number of halogens is 1. The topological polar surface area (TPSA) is 34.9 Å². The molecule has 0 atom stereocenters. The molecule has 0 bridgehead atoms. The minimum absolute atomic E-state index is 0.173. The van der Waals surface area contributed by atoms with Crippen LogP contribution in [0, 0.1) is 0 Å². The number of unbranched alkanes of at least 4 members (excludes halogenated alkanes) is 2. The molecule has 0 unspecified atom stereocenters. The summed E-state index contributed by atoms with van der Waals surface area (Å²) in [6.07, 6.45) is 6.33. The molecule has 0 aliphatic rings. The SMILES string of the molecule is O=c1ncccn1CCCCCCl. The maximum Gasteiger partial charge on any atom is 0.347 e. The Labute approximate surface area is 82.4 Å². The van der Waals surface area contributed by atoms with Crippen LogP contribution >= 0.6 is 11.6 Å². The summed E-state index contributed by atoms with van der Waals surface area (Å²) in [5.41, 5.74) is -0.173. The molecule has 0 saturated carbocycles. The zero-order valence-electron chi connectivity index (χ0n) is 7.45. The highest BCUT2D eigenvalue weighted by Gasteiger charge is 1.94. The van der Waals surface area contributed by atoms with Gasteiger partial charge < -0.3 is 0 Å². The minimum Gasteiger partial charge on any atom is -0.299 e. The summed E-state index contributed by atoms with van der Waals surface area (Å²) in [5, 5.41) is 0. The fraction of sp³-hybridized carbons (Fsp3) is 0.556. The lowest BCUT2D eigenvalue weighted by Gasteiger charge is -2.02. The van der Waals surface area contributed by atoms with E-state index in [9.17, 15) is 4.79 Å². The smallest absolute Gasteiger partial charge is 0.299 e. The predicted molar refractivity (Wildman–Crippen MR) is 53.1 cm³/mol. The van der Waals surface area contributed by atoms with Crippen LogP contribution in [0.1, 0.15) is 19.3 Å². The fourth-order valence-electron chi connectivity index (χ4n) is 1.11. The molecule has 0 aliphatic heterocycles. The Bertz CT molecular complexity index is 298. The molecule has 0 N–H and O–H groups in total. The first-order valence-electron chi connectivity index (χ1n) is 4.42. The van der Waals surface area contributed by atoms with Gasteiger partial charge >= 0.3 is 5.69 Å². The fourth-order valence-corrected chi connectivity index (χ4v) is 1.30. The Hall–Kier alpha value is -0.830.